The number of nitrogens with zero attached hydrogens (tertiary/aromatic N) is 4. The van der Waals surface area contributed by atoms with E-state index in [1.54, 1.807) is 23.9 Å². The van der Waals surface area contributed by atoms with E-state index < -0.39 is 0 Å². The Kier molecular flexibility index (Phi) is 5.89. The van der Waals surface area contributed by atoms with Gasteiger partial charge in [0.2, 0.25) is 11.8 Å². The Hall–Kier alpha value is -2.74. The summed E-state index contributed by atoms with van der Waals surface area (Å²) in [6.45, 7) is 4.06. The molecule has 3 aromatic rings. The summed E-state index contributed by atoms with van der Waals surface area (Å²) < 4.78 is 2.99. The number of rotatable bonds is 6. The molecule has 152 valence electrons. The Morgan fingerprint density at radius 2 is 2.24 bits per heavy atom. The number of thiazole rings is 1. The van der Waals surface area contributed by atoms with Gasteiger partial charge in [-0.1, -0.05) is 0 Å². The van der Waals surface area contributed by atoms with Gasteiger partial charge in [0.05, 0.1) is 21.6 Å². The molecule has 3 heterocycles. The molecular formula is C21H25N5O2S. The number of carbonyl (C=O) groups excluding carboxylic acids is 2. The first kappa shape index (κ1) is 19.6. The zero-order valence-electron chi connectivity index (χ0n) is 16.5. The van der Waals surface area contributed by atoms with Crippen LogP contribution in [0.4, 0.5) is 5.69 Å². The first-order valence-corrected chi connectivity index (χ1v) is 10.8. The summed E-state index contributed by atoms with van der Waals surface area (Å²) in [5, 5.41) is 4.02. The number of likely N-dealkylation sites (tertiary alicyclic amines) is 1. The molecule has 0 bridgehead atoms. The second kappa shape index (κ2) is 8.73. The number of amides is 2. The van der Waals surface area contributed by atoms with Crippen LogP contribution in [0.2, 0.25) is 0 Å². The lowest BCUT2D eigenvalue weighted by atomic mass is 9.94. The molecule has 7 nitrogen and oxygen atoms in total. The maximum atomic E-state index is 12.5. The standard InChI is InChI=1S/C21H25N5O2S/c1-15-23-18-5-4-17(12-19(18)29-15)24-20(27)11-16-3-2-8-26(13-16)21(28)6-9-25-10-7-22-14-25/h4-5,7,10,12,14,16H,2-3,6,8-9,11,13H2,1H3,(H,24,27). The summed E-state index contributed by atoms with van der Waals surface area (Å²) in [5.74, 6) is 0.355. The number of piperidine rings is 1. The van der Waals surface area contributed by atoms with Gasteiger partial charge in [0.1, 0.15) is 0 Å². The van der Waals surface area contributed by atoms with Gasteiger partial charge in [0, 0.05) is 50.6 Å². The minimum absolute atomic E-state index is 0.00306. The van der Waals surface area contributed by atoms with Crippen molar-refractivity contribution < 1.29 is 9.59 Å². The number of benzene rings is 1. The average Bonchev–Trinajstić information content (AvgIpc) is 3.34. The topological polar surface area (TPSA) is 80.1 Å². The van der Waals surface area contributed by atoms with E-state index in [0.717, 1.165) is 40.3 Å². The minimum Gasteiger partial charge on any atom is -0.342 e. The number of carbonyl (C=O) groups is 2. The molecule has 1 fully saturated rings. The zero-order valence-corrected chi connectivity index (χ0v) is 17.3. The lowest BCUT2D eigenvalue weighted by Gasteiger charge is -2.32. The number of fused-ring (bicyclic) bond motifs is 1. The van der Waals surface area contributed by atoms with E-state index in [9.17, 15) is 9.59 Å². The molecular weight excluding hydrogens is 386 g/mol. The lowest BCUT2D eigenvalue weighted by molar-refractivity contribution is -0.134. The van der Waals surface area contributed by atoms with Crippen molar-refractivity contribution in [2.45, 2.75) is 39.2 Å². The van der Waals surface area contributed by atoms with Crippen molar-refractivity contribution in [2.75, 3.05) is 18.4 Å². The Balaban J connectivity index is 1.28. The van der Waals surface area contributed by atoms with Gasteiger partial charge < -0.3 is 14.8 Å². The van der Waals surface area contributed by atoms with E-state index in [1.807, 2.05) is 40.8 Å². The first-order valence-electron chi connectivity index (χ1n) is 9.97. The van der Waals surface area contributed by atoms with Gasteiger partial charge in [-0.3, -0.25) is 9.59 Å². The maximum Gasteiger partial charge on any atom is 0.224 e. The molecule has 4 rings (SSSR count). The van der Waals surface area contributed by atoms with Gasteiger partial charge in [-0.05, 0) is 43.9 Å². The maximum absolute atomic E-state index is 12.5. The number of aromatic nitrogens is 3. The molecule has 1 atom stereocenters. The SMILES string of the molecule is Cc1nc2ccc(NC(=O)CC3CCCN(C(=O)CCn4ccnc4)C3)cc2s1. The van der Waals surface area contributed by atoms with E-state index in [0.29, 0.717) is 25.9 Å². The highest BCUT2D eigenvalue weighted by Gasteiger charge is 2.25. The van der Waals surface area contributed by atoms with E-state index in [1.165, 1.54) is 0 Å². The number of aryl methyl sites for hydroxylation is 2. The molecule has 1 aromatic carbocycles. The Bertz CT molecular complexity index is 998. The van der Waals surface area contributed by atoms with Crippen molar-refractivity contribution in [1.82, 2.24) is 19.4 Å². The molecule has 2 amide bonds. The average molecular weight is 412 g/mol. The highest BCUT2D eigenvalue weighted by Crippen LogP contribution is 2.26. The summed E-state index contributed by atoms with van der Waals surface area (Å²) in [6.07, 6.45) is 8.12. The normalized spacial score (nSPS) is 16.9. The third-order valence-corrected chi connectivity index (χ3v) is 6.20. The molecule has 8 heteroatoms. The molecule has 0 saturated carbocycles. The van der Waals surface area contributed by atoms with Crippen LogP contribution >= 0.6 is 11.3 Å². The van der Waals surface area contributed by atoms with Crippen LogP contribution < -0.4 is 5.32 Å². The molecule has 2 aromatic heterocycles. The van der Waals surface area contributed by atoms with Gasteiger partial charge in [-0.2, -0.15) is 0 Å². The molecule has 1 N–H and O–H groups in total. The summed E-state index contributed by atoms with van der Waals surface area (Å²) in [7, 11) is 0. The highest BCUT2D eigenvalue weighted by molar-refractivity contribution is 7.18. The van der Waals surface area contributed by atoms with Gasteiger partial charge in [0.25, 0.3) is 0 Å². The quantitative estimate of drug-likeness (QED) is 0.674. The number of anilines is 1. The van der Waals surface area contributed by atoms with Gasteiger partial charge >= 0.3 is 0 Å². The third kappa shape index (κ3) is 5.00. The lowest BCUT2D eigenvalue weighted by Crippen LogP contribution is -2.41. The number of hydrogen-bond donors (Lipinski definition) is 1. The number of hydrogen-bond acceptors (Lipinski definition) is 5. The predicted molar refractivity (Wildman–Crippen MR) is 114 cm³/mol. The second-order valence-electron chi connectivity index (χ2n) is 7.57. The number of nitrogens with one attached hydrogen (secondary N) is 1. The van der Waals surface area contributed by atoms with Crippen LogP contribution in [0.1, 0.15) is 30.7 Å². The Morgan fingerprint density at radius 3 is 3.07 bits per heavy atom. The third-order valence-electron chi connectivity index (χ3n) is 5.27. The van der Waals surface area contributed by atoms with Gasteiger partial charge in [-0.15, -0.1) is 11.3 Å². The van der Waals surface area contributed by atoms with Crippen molar-refractivity contribution in [3.8, 4) is 0 Å². The highest BCUT2D eigenvalue weighted by atomic mass is 32.1. The summed E-state index contributed by atoms with van der Waals surface area (Å²) in [5.41, 5.74) is 1.76. The molecule has 0 aliphatic carbocycles. The summed E-state index contributed by atoms with van der Waals surface area (Å²) >= 11 is 1.62. The van der Waals surface area contributed by atoms with E-state index in [4.69, 9.17) is 0 Å². The molecule has 1 saturated heterocycles. The van der Waals surface area contributed by atoms with Crippen LogP contribution in [0.25, 0.3) is 10.2 Å². The molecule has 1 unspecified atom stereocenters. The summed E-state index contributed by atoms with van der Waals surface area (Å²) in [4.78, 5) is 35.4. The molecule has 1 aliphatic rings. The molecule has 0 spiro atoms. The van der Waals surface area contributed by atoms with Crippen LogP contribution in [0.3, 0.4) is 0 Å². The number of imidazole rings is 1. The van der Waals surface area contributed by atoms with Crippen molar-refractivity contribution >= 4 is 39.1 Å². The smallest absolute Gasteiger partial charge is 0.224 e. The van der Waals surface area contributed by atoms with Crippen LogP contribution in [0, 0.1) is 12.8 Å². The van der Waals surface area contributed by atoms with E-state index in [2.05, 4.69) is 15.3 Å². The molecule has 1 aliphatic heterocycles. The Labute approximate surface area is 173 Å². The summed E-state index contributed by atoms with van der Waals surface area (Å²) in [6, 6.07) is 5.81. The molecule has 29 heavy (non-hydrogen) atoms. The monoisotopic (exact) mass is 411 g/mol. The zero-order chi connectivity index (χ0) is 20.2. The van der Waals surface area contributed by atoms with Crippen molar-refractivity contribution in [3.63, 3.8) is 0 Å². The van der Waals surface area contributed by atoms with Crippen LogP contribution in [-0.2, 0) is 16.1 Å². The van der Waals surface area contributed by atoms with E-state index in [-0.39, 0.29) is 17.7 Å². The fourth-order valence-electron chi connectivity index (χ4n) is 3.85. The van der Waals surface area contributed by atoms with Crippen LogP contribution in [0.5, 0.6) is 0 Å². The fraction of sp³-hybridized carbons (Fsp3) is 0.429. The van der Waals surface area contributed by atoms with Crippen LogP contribution in [0.15, 0.2) is 36.9 Å². The van der Waals surface area contributed by atoms with Gasteiger partial charge in [-0.25, -0.2) is 9.97 Å². The molecule has 0 radical (unpaired) electrons. The van der Waals surface area contributed by atoms with Crippen LogP contribution in [-0.4, -0.2) is 44.3 Å². The largest absolute Gasteiger partial charge is 0.342 e. The van der Waals surface area contributed by atoms with E-state index >= 15 is 0 Å². The Morgan fingerprint density at radius 1 is 1.34 bits per heavy atom. The van der Waals surface area contributed by atoms with Crippen molar-refractivity contribution in [1.29, 1.82) is 0 Å². The fourth-order valence-corrected chi connectivity index (χ4v) is 4.72. The van der Waals surface area contributed by atoms with Crippen molar-refractivity contribution in [3.05, 3.63) is 41.9 Å². The second-order valence-corrected chi connectivity index (χ2v) is 8.80. The van der Waals surface area contributed by atoms with Gasteiger partial charge in [0.15, 0.2) is 0 Å². The first-order chi connectivity index (χ1) is 14.1. The minimum atomic E-state index is 0.00306. The predicted octanol–water partition coefficient (Wildman–Crippen LogP) is 3.46. The van der Waals surface area contributed by atoms with Crippen molar-refractivity contribution in [2.24, 2.45) is 5.92 Å².